The van der Waals surface area contributed by atoms with Gasteiger partial charge < -0.3 is 14.4 Å². The van der Waals surface area contributed by atoms with Crippen LogP contribution in [0, 0.1) is 4.91 Å². The standard InChI is InChI=1S/C17H22N4O5/c1-16(2,3)25-14(22)20-8-4-7-17(10-20)11-21(15(23)26-17)12-5-6-13(19-24)18-9-12/h5-6,9H,4,7-8,10-11H2,1-3H3. The number of hydrogen-bond donors (Lipinski definition) is 0. The van der Waals surface area contributed by atoms with Crippen LogP contribution < -0.4 is 4.90 Å². The molecule has 2 saturated heterocycles. The molecule has 0 radical (unpaired) electrons. The zero-order valence-corrected chi connectivity index (χ0v) is 15.1. The predicted octanol–water partition coefficient (Wildman–Crippen LogP) is 3.21. The Labute approximate surface area is 151 Å². The normalized spacial score (nSPS) is 23.1. The lowest BCUT2D eigenvalue weighted by molar-refractivity contribution is -0.0275. The van der Waals surface area contributed by atoms with Crippen molar-refractivity contribution < 1.29 is 19.1 Å². The van der Waals surface area contributed by atoms with Crippen LogP contribution in [0.3, 0.4) is 0 Å². The SMILES string of the molecule is CC(C)(C)OC(=O)N1CCCC2(C1)CN(c1ccc(N=O)nc1)C(=O)O2. The molecule has 26 heavy (non-hydrogen) atoms. The summed E-state index contributed by atoms with van der Waals surface area (Å²) in [6.45, 7) is 6.59. The molecule has 2 aliphatic rings. The average Bonchev–Trinajstić information content (AvgIpc) is 2.89. The van der Waals surface area contributed by atoms with Crippen LogP contribution in [0.1, 0.15) is 33.6 Å². The molecule has 1 aromatic rings. The fraction of sp³-hybridized carbons (Fsp3) is 0.588. The fourth-order valence-corrected chi connectivity index (χ4v) is 3.21. The molecule has 0 N–H and O–H groups in total. The maximum atomic E-state index is 12.4. The van der Waals surface area contributed by atoms with E-state index in [0.717, 1.165) is 0 Å². The molecule has 0 saturated carbocycles. The molecule has 3 rings (SSSR count). The van der Waals surface area contributed by atoms with E-state index in [1.165, 1.54) is 17.2 Å². The number of amides is 2. The molecule has 9 heteroatoms. The smallest absolute Gasteiger partial charge is 0.415 e. The van der Waals surface area contributed by atoms with E-state index >= 15 is 0 Å². The quantitative estimate of drug-likeness (QED) is 0.749. The van der Waals surface area contributed by atoms with Crippen molar-refractivity contribution in [2.75, 3.05) is 24.5 Å². The number of likely N-dealkylation sites (tertiary alicyclic amines) is 1. The molecule has 2 aliphatic heterocycles. The molecular formula is C17H22N4O5. The van der Waals surface area contributed by atoms with Crippen molar-refractivity contribution in [3.05, 3.63) is 23.2 Å². The molecule has 1 aromatic heterocycles. The minimum atomic E-state index is -0.770. The molecule has 0 aliphatic carbocycles. The van der Waals surface area contributed by atoms with Crippen LogP contribution in [0.15, 0.2) is 23.5 Å². The van der Waals surface area contributed by atoms with Crippen LogP contribution in [-0.4, -0.2) is 52.9 Å². The lowest BCUT2D eigenvalue weighted by Gasteiger charge is -2.38. The molecule has 1 spiro atoms. The Morgan fingerprint density at radius 2 is 2.12 bits per heavy atom. The maximum absolute atomic E-state index is 12.4. The van der Waals surface area contributed by atoms with Gasteiger partial charge in [0.2, 0.25) is 0 Å². The fourth-order valence-electron chi connectivity index (χ4n) is 3.21. The van der Waals surface area contributed by atoms with Crippen molar-refractivity contribution in [2.45, 2.75) is 44.8 Å². The first kappa shape index (κ1) is 18.1. The van der Waals surface area contributed by atoms with Crippen LogP contribution in [0.2, 0.25) is 0 Å². The molecule has 2 fully saturated rings. The van der Waals surface area contributed by atoms with E-state index in [9.17, 15) is 14.5 Å². The summed E-state index contributed by atoms with van der Waals surface area (Å²) in [5.41, 5.74) is -0.831. The van der Waals surface area contributed by atoms with E-state index in [1.807, 2.05) is 20.8 Å². The predicted molar refractivity (Wildman–Crippen MR) is 93.3 cm³/mol. The molecular weight excluding hydrogens is 340 g/mol. The van der Waals surface area contributed by atoms with Crippen LogP contribution in [0.4, 0.5) is 21.1 Å². The topological polar surface area (TPSA) is 101 Å². The van der Waals surface area contributed by atoms with Crippen molar-refractivity contribution in [1.82, 2.24) is 9.88 Å². The molecule has 1 atom stereocenters. The van der Waals surface area contributed by atoms with Gasteiger partial charge in [0, 0.05) is 6.54 Å². The average molecular weight is 362 g/mol. The Bertz CT molecular complexity index is 715. The second-order valence-electron chi connectivity index (χ2n) is 7.61. The monoisotopic (exact) mass is 362 g/mol. The summed E-state index contributed by atoms with van der Waals surface area (Å²) in [7, 11) is 0. The van der Waals surface area contributed by atoms with E-state index in [1.54, 1.807) is 11.0 Å². The number of anilines is 1. The number of carbonyl (C=O) groups is 2. The maximum Gasteiger partial charge on any atom is 0.415 e. The largest absolute Gasteiger partial charge is 0.444 e. The van der Waals surface area contributed by atoms with Crippen molar-refractivity contribution in [3.63, 3.8) is 0 Å². The Balaban J connectivity index is 1.73. The third-order valence-corrected chi connectivity index (χ3v) is 4.30. The number of ether oxygens (including phenoxy) is 2. The number of hydrogen-bond acceptors (Lipinski definition) is 7. The van der Waals surface area contributed by atoms with Crippen molar-refractivity contribution in [2.24, 2.45) is 5.18 Å². The Kier molecular flexibility index (Phi) is 4.55. The third kappa shape index (κ3) is 3.76. The van der Waals surface area contributed by atoms with Crippen molar-refractivity contribution in [3.8, 4) is 0 Å². The number of nitroso groups, excluding NO2 is 1. The molecule has 140 valence electrons. The van der Waals surface area contributed by atoms with Gasteiger partial charge in [-0.1, -0.05) is 0 Å². The summed E-state index contributed by atoms with van der Waals surface area (Å²) < 4.78 is 11.1. The first-order valence-electron chi connectivity index (χ1n) is 8.49. The minimum absolute atomic E-state index is 0.0461. The lowest BCUT2D eigenvalue weighted by Crippen LogP contribution is -2.53. The van der Waals surface area contributed by atoms with Crippen LogP contribution >= 0.6 is 0 Å². The van der Waals surface area contributed by atoms with Gasteiger partial charge in [-0.15, -0.1) is 4.91 Å². The van der Waals surface area contributed by atoms with Crippen molar-refractivity contribution >= 4 is 23.7 Å². The first-order valence-corrected chi connectivity index (χ1v) is 8.49. The molecule has 2 amide bonds. The molecule has 9 nitrogen and oxygen atoms in total. The van der Waals surface area contributed by atoms with E-state index < -0.39 is 23.4 Å². The summed E-state index contributed by atoms with van der Waals surface area (Å²) in [6, 6.07) is 3.03. The first-order chi connectivity index (χ1) is 12.2. The van der Waals surface area contributed by atoms with Gasteiger partial charge in [-0.25, -0.2) is 14.6 Å². The lowest BCUT2D eigenvalue weighted by atomic mass is 9.93. The highest BCUT2D eigenvalue weighted by molar-refractivity contribution is 5.90. The number of pyridine rings is 1. The van der Waals surface area contributed by atoms with Crippen LogP contribution in [0.5, 0.6) is 0 Å². The molecule has 0 bridgehead atoms. The van der Waals surface area contributed by atoms with E-state index in [-0.39, 0.29) is 12.4 Å². The summed E-state index contributed by atoms with van der Waals surface area (Å²) >= 11 is 0. The number of rotatable bonds is 2. The second kappa shape index (κ2) is 6.54. The van der Waals surface area contributed by atoms with Crippen LogP contribution in [0.25, 0.3) is 0 Å². The highest BCUT2D eigenvalue weighted by atomic mass is 16.6. The van der Waals surface area contributed by atoms with Gasteiger partial charge in [0.15, 0.2) is 5.82 Å². The Hall–Kier alpha value is -2.71. The molecule has 3 heterocycles. The highest BCUT2D eigenvalue weighted by Crippen LogP contribution is 2.35. The zero-order valence-electron chi connectivity index (χ0n) is 15.1. The van der Waals surface area contributed by atoms with Gasteiger partial charge in [-0.2, -0.15) is 0 Å². The van der Waals surface area contributed by atoms with Gasteiger partial charge in [0.25, 0.3) is 0 Å². The van der Waals surface area contributed by atoms with Gasteiger partial charge in [0.1, 0.15) is 11.2 Å². The van der Waals surface area contributed by atoms with Crippen LogP contribution in [-0.2, 0) is 9.47 Å². The number of carbonyl (C=O) groups excluding carboxylic acids is 2. The molecule has 0 aromatic carbocycles. The summed E-state index contributed by atoms with van der Waals surface area (Å²) in [6.07, 6.45) is 1.88. The highest BCUT2D eigenvalue weighted by Gasteiger charge is 2.49. The number of piperidine rings is 1. The minimum Gasteiger partial charge on any atom is -0.444 e. The van der Waals surface area contributed by atoms with Gasteiger partial charge in [-0.3, -0.25) is 4.90 Å². The Morgan fingerprint density at radius 3 is 2.73 bits per heavy atom. The summed E-state index contributed by atoms with van der Waals surface area (Å²) in [5, 5.41) is 2.75. The number of nitrogens with zero attached hydrogens (tertiary/aromatic N) is 4. The third-order valence-electron chi connectivity index (χ3n) is 4.30. The summed E-state index contributed by atoms with van der Waals surface area (Å²) in [4.78, 5) is 42.1. The van der Waals surface area contributed by atoms with Gasteiger partial charge >= 0.3 is 12.2 Å². The van der Waals surface area contributed by atoms with Gasteiger partial charge in [-0.05, 0) is 50.9 Å². The van der Waals surface area contributed by atoms with E-state index in [2.05, 4.69) is 10.2 Å². The summed E-state index contributed by atoms with van der Waals surface area (Å²) in [5.74, 6) is 0.0461. The van der Waals surface area contributed by atoms with Crippen molar-refractivity contribution in [1.29, 1.82) is 0 Å². The number of aromatic nitrogens is 1. The second-order valence-corrected chi connectivity index (χ2v) is 7.61. The van der Waals surface area contributed by atoms with Gasteiger partial charge in [0.05, 0.1) is 25.0 Å². The zero-order chi connectivity index (χ0) is 18.9. The van der Waals surface area contributed by atoms with E-state index in [0.29, 0.717) is 31.6 Å². The van der Waals surface area contributed by atoms with E-state index in [4.69, 9.17) is 9.47 Å². The molecule has 1 unspecified atom stereocenters. The Morgan fingerprint density at radius 1 is 1.35 bits per heavy atom.